The summed E-state index contributed by atoms with van der Waals surface area (Å²) in [7, 11) is -2.78. The number of ether oxygens (including phenoxy) is 2. The van der Waals surface area contributed by atoms with Crippen molar-refractivity contribution in [3.63, 3.8) is 0 Å². The first-order chi connectivity index (χ1) is 21.0. The van der Waals surface area contributed by atoms with Gasteiger partial charge in [0.25, 0.3) is 5.56 Å². The third-order valence-electron chi connectivity index (χ3n) is 7.56. The number of aromatic amines is 1. The summed E-state index contributed by atoms with van der Waals surface area (Å²) in [5.41, 5.74) is 11.8. The molecule has 0 saturated carbocycles. The van der Waals surface area contributed by atoms with E-state index in [1.807, 2.05) is 0 Å². The SMILES string of the molecule is C[C@@H]1[C@@H]2O[P+](=O)OCC3O[C@@H](n4cnc5c(=O)[nH]c(N)nc54)[C@H](OP(O)(=S)OC[C@H]2O[C@H]1n1cnc2c(N)ncnc21)[C@@H]3O. The lowest BCUT2D eigenvalue weighted by Gasteiger charge is -2.27. The molecular weight excluding hydrogens is 646 g/mol. The van der Waals surface area contributed by atoms with Crippen LogP contribution in [0.1, 0.15) is 19.4 Å². The Morgan fingerprint density at radius 2 is 1.77 bits per heavy atom. The highest BCUT2D eigenvalue weighted by atomic mass is 32.5. The van der Waals surface area contributed by atoms with E-state index in [1.54, 1.807) is 11.5 Å². The average molecular weight is 672 g/mol. The van der Waals surface area contributed by atoms with Crippen LogP contribution in [0.2, 0.25) is 0 Å². The largest absolute Gasteiger partial charge is 0.697 e. The quantitative estimate of drug-likeness (QED) is 0.170. The minimum Gasteiger partial charge on any atom is -0.387 e. The fourth-order valence-electron chi connectivity index (χ4n) is 5.49. The van der Waals surface area contributed by atoms with Gasteiger partial charge in [0.1, 0.15) is 49.1 Å². The Morgan fingerprint density at radius 3 is 2.57 bits per heavy atom. The lowest BCUT2D eigenvalue weighted by molar-refractivity contribution is -0.0581. The zero-order valence-electron chi connectivity index (χ0n) is 22.5. The molecule has 0 amide bonds. The summed E-state index contributed by atoms with van der Waals surface area (Å²) < 4.78 is 50.9. The first kappa shape index (κ1) is 29.6. The fraction of sp³-hybridized carbons (Fsp3) is 0.524. The van der Waals surface area contributed by atoms with Crippen molar-refractivity contribution in [2.24, 2.45) is 5.92 Å². The number of imidazole rings is 2. The molecule has 10 atom stereocenters. The Hall–Kier alpha value is -3.07. The maximum Gasteiger partial charge on any atom is 0.697 e. The number of aliphatic hydroxyl groups excluding tert-OH is 1. The normalized spacial score (nSPS) is 35.8. The number of aromatic nitrogens is 8. The standard InChI is InChI=1S/C21H24N10O10P2S/c1-7-13-9(39-19(7)30-5-26-10-15(22)24-4-25-16(10)30)3-37-43(35,44)41-14-12(32)8(2-36-42(34)40-13)38-20(14)31-6-27-11-17(31)28-21(23)29-18(11)33/h4-9,12-14,19-20,32H,2-3H2,1H3,(H5-,22,23,24,25,28,29,33,35,44)/p+1/t7-,8?,9-,12-,13+,14-,19-,20-,43?/m1/s1. The Bertz CT molecular complexity index is 1870. The maximum absolute atomic E-state index is 13.0. The molecular formula is C21H25N10O10P2S+. The van der Waals surface area contributed by atoms with E-state index < -0.39 is 76.0 Å². The molecule has 44 heavy (non-hydrogen) atoms. The van der Waals surface area contributed by atoms with Crippen LogP contribution in [0.3, 0.4) is 0 Å². The van der Waals surface area contributed by atoms with Crippen LogP contribution in [0.15, 0.2) is 23.8 Å². The molecule has 0 spiro atoms. The Balaban J connectivity index is 1.18. The molecule has 7 rings (SSSR count). The highest BCUT2D eigenvalue weighted by Crippen LogP contribution is 2.52. The molecule has 0 aliphatic carbocycles. The molecule has 3 saturated heterocycles. The van der Waals surface area contributed by atoms with Crippen LogP contribution in [-0.2, 0) is 43.9 Å². The molecule has 3 aliphatic heterocycles. The summed E-state index contributed by atoms with van der Waals surface area (Å²) in [6.07, 6.45) is -3.74. The van der Waals surface area contributed by atoms with E-state index in [-0.39, 0.29) is 29.5 Å². The molecule has 2 bridgehead atoms. The van der Waals surface area contributed by atoms with Gasteiger partial charge in [0, 0.05) is 10.5 Å². The van der Waals surface area contributed by atoms with Gasteiger partial charge >= 0.3 is 15.0 Å². The summed E-state index contributed by atoms with van der Waals surface area (Å²) in [6.45, 7) is -3.10. The van der Waals surface area contributed by atoms with Crippen LogP contribution < -0.4 is 17.0 Å². The molecule has 0 radical (unpaired) electrons. The molecule has 7 heterocycles. The monoisotopic (exact) mass is 671 g/mol. The number of fused-ring (bicyclic) bond motifs is 5. The molecule has 20 nitrogen and oxygen atoms in total. The van der Waals surface area contributed by atoms with Crippen molar-refractivity contribution in [2.45, 2.75) is 49.9 Å². The molecule has 4 aromatic rings. The summed E-state index contributed by atoms with van der Waals surface area (Å²) in [6, 6.07) is 0. The van der Waals surface area contributed by atoms with Crippen molar-refractivity contribution in [1.29, 1.82) is 0 Å². The molecule has 23 heteroatoms. The van der Waals surface area contributed by atoms with Gasteiger partial charge in [0.15, 0.2) is 35.0 Å². The number of aliphatic hydroxyl groups is 1. The minimum atomic E-state index is -4.12. The number of nitrogens with two attached hydrogens (primary N) is 2. The highest BCUT2D eigenvalue weighted by Gasteiger charge is 2.53. The number of nitrogens with zero attached hydrogens (tertiary/aromatic N) is 7. The van der Waals surface area contributed by atoms with Gasteiger partial charge in [0.2, 0.25) is 5.95 Å². The van der Waals surface area contributed by atoms with Gasteiger partial charge in [-0.3, -0.25) is 23.4 Å². The lowest BCUT2D eigenvalue weighted by Crippen LogP contribution is -2.35. The van der Waals surface area contributed by atoms with Gasteiger partial charge in [-0.1, -0.05) is 6.92 Å². The van der Waals surface area contributed by atoms with Crippen LogP contribution in [0.5, 0.6) is 0 Å². The van der Waals surface area contributed by atoms with Gasteiger partial charge in [0.05, 0.1) is 19.3 Å². The predicted octanol–water partition coefficient (Wildman–Crippen LogP) is -0.393. The second-order valence-electron chi connectivity index (χ2n) is 10.3. The average Bonchev–Trinajstić information content (AvgIpc) is 3.72. The second kappa shape index (κ2) is 11.1. The minimum absolute atomic E-state index is 0.0163. The molecule has 3 aliphatic rings. The molecule has 0 aromatic carbocycles. The number of anilines is 2. The summed E-state index contributed by atoms with van der Waals surface area (Å²) in [5.74, 6) is -0.476. The topological polar surface area (TPSA) is 272 Å². The van der Waals surface area contributed by atoms with Crippen LogP contribution in [0, 0.1) is 5.92 Å². The van der Waals surface area contributed by atoms with E-state index in [4.69, 9.17) is 50.8 Å². The number of nitrogens with one attached hydrogen (secondary N) is 1. The van der Waals surface area contributed by atoms with E-state index in [2.05, 4.69) is 29.9 Å². The van der Waals surface area contributed by atoms with E-state index in [9.17, 15) is 19.4 Å². The fourth-order valence-corrected chi connectivity index (χ4v) is 7.76. The third-order valence-corrected chi connectivity index (χ3v) is 9.89. The van der Waals surface area contributed by atoms with Crippen molar-refractivity contribution < 1.29 is 42.1 Å². The summed E-state index contributed by atoms with van der Waals surface area (Å²) in [5, 5.41) is 11.1. The molecule has 3 unspecified atom stereocenters. The van der Waals surface area contributed by atoms with Gasteiger partial charge in [-0.25, -0.2) is 19.9 Å². The predicted molar refractivity (Wildman–Crippen MR) is 151 cm³/mol. The van der Waals surface area contributed by atoms with Gasteiger partial charge in [-0.15, -0.1) is 9.05 Å². The third kappa shape index (κ3) is 5.09. The zero-order valence-corrected chi connectivity index (χ0v) is 25.1. The first-order valence-electron chi connectivity index (χ1n) is 13.1. The number of hydrogen-bond donors (Lipinski definition) is 5. The van der Waals surface area contributed by atoms with Gasteiger partial charge < -0.3 is 35.5 Å². The molecule has 3 fully saturated rings. The number of H-pyrrole nitrogens is 1. The number of rotatable bonds is 2. The number of hydrogen-bond acceptors (Lipinski definition) is 17. The van der Waals surface area contributed by atoms with Crippen LogP contribution in [-0.4, -0.2) is 92.8 Å². The van der Waals surface area contributed by atoms with Crippen LogP contribution >= 0.6 is 15.0 Å². The zero-order chi connectivity index (χ0) is 30.9. The first-order valence-corrected chi connectivity index (χ1v) is 16.8. The highest BCUT2D eigenvalue weighted by molar-refractivity contribution is 8.07. The van der Waals surface area contributed by atoms with Crippen molar-refractivity contribution in [3.05, 3.63) is 29.3 Å². The Kier molecular flexibility index (Phi) is 7.46. The van der Waals surface area contributed by atoms with E-state index >= 15 is 0 Å². The van der Waals surface area contributed by atoms with E-state index in [1.165, 1.54) is 23.5 Å². The lowest BCUT2D eigenvalue weighted by atomic mass is 10.0. The van der Waals surface area contributed by atoms with Crippen LogP contribution in [0.25, 0.3) is 22.3 Å². The molecule has 7 N–H and O–H groups in total. The van der Waals surface area contributed by atoms with Crippen molar-refractivity contribution in [3.8, 4) is 0 Å². The molecule has 234 valence electrons. The Labute approximate surface area is 251 Å². The Morgan fingerprint density at radius 1 is 1.05 bits per heavy atom. The second-order valence-corrected chi connectivity index (χ2v) is 14.0. The van der Waals surface area contributed by atoms with Gasteiger partial charge in [-0.05, 0) is 11.8 Å². The smallest absolute Gasteiger partial charge is 0.387 e. The van der Waals surface area contributed by atoms with Crippen molar-refractivity contribution in [2.75, 3.05) is 24.7 Å². The summed E-state index contributed by atoms with van der Waals surface area (Å²) >= 11 is 5.30. The van der Waals surface area contributed by atoms with Crippen LogP contribution in [0.4, 0.5) is 11.8 Å². The summed E-state index contributed by atoms with van der Waals surface area (Å²) in [4.78, 5) is 46.4. The van der Waals surface area contributed by atoms with E-state index in [0.29, 0.717) is 11.2 Å². The molecule has 4 aromatic heterocycles. The number of nitrogen functional groups attached to an aromatic ring is 2. The van der Waals surface area contributed by atoms with Crippen molar-refractivity contribution >= 4 is 60.9 Å². The van der Waals surface area contributed by atoms with E-state index in [0.717, 1.165) is 0 Å². The maximum atomic E-state index is 13.0. The van der Waals surface area contributed by atoms with Gasteiger partial charge in [-0.2, -0.15) is 4.98 Å². The van der Waals surface area contributed by atoms with Crippen molar-refractivity contribution in [1.82, 2.24) is 39.0 Å².